The van der Waals surface area contributed by atoms with Crippen molar-refractivity contribution in [2.75, 3.05) is 10.8 Å². The van der Waals surface area contributed by atoms with Gasteiger partial charge >= 0.3 is 0 Å². The Morgan fingerprint density at radius 2 is 1.59 bits per heavy atom. The number of carbonyl (C=O) groups excluding carboxylic acids is 2. The monoisotopic (exact) mass is 615 g/mol. The van der Waals surface area contributed by atoms with Crippen molar-refractivity contribution in [2.45, 2.75) is 69.5 Å². The first-order valence-electron chi connectivity index (χ1n) is 13.8. The maximum absolute atomic E-state index is 14.1. The highest BCUT2D eigenvalue weighted by molar-refractivity contribution is 7.92. The Morgan fingerprint density at radius 3 is 2.27 bits per heavy atom. The van der Waals surface area contributed by atoms with E-state index in [1.165, 1.54) is 23.1 Å². The summed E-state index contributed by atoms with van der Waals surface area (Å²) in [4.78, 5) is 29.0. The molecule has 1 fully saturated rings. The summed E-state index contributed by atoms with van der Waals surface area (Å²) in [7, 11) is -4.23. The largest absolute Gasteiger partial charge is 0.352 e. The van der Waals surface area contributed by atoms with Gasteiger partial charge in [-0.05, 0) is 62.1 Å². The van der Waals surface area contributed by atoms with Gasteiger partial charge in [-0.2, -0.15) is 0 Å². The second-order valence-corrected chi connectivity index (χ2v) is 13.0. The Kier molecular flexibility index (Phi) is 10.3. The van der Waals surface area contributed by atoms with Crippen molar-refractivity contribution in [3.63, 3.8) is 0 Å². The summed E-state index contributed by atoms with van der Waals surface area (Å²) in [6.07, 6.45) is 5.06. The molecule has 10 heteroatoms. The van der Waals surface area contributed by atoms with Crippen LogP contribution in [0.2, 0.25) is 10.0 Å². The van der Waals surface area contributed by atoms with E-state index in [1.807, 2.05) is 31.2 Å². The van der Waals surface area contributed by atoms with E-state index in [9.17, 15) is 18.0 Å². The normalized spacial score (nSPS) is 14.7. The highest BCUT2D eigenvalue weighted by atomic mass is 35.5. The van der Waals surface area contributed by atoms with Gasteiger partial charge in [-0.3, -0.25) is 13.9 Å². The van der Waals surface area contributed by atoms with E-state index in [0.717, 1.165) is 47.5 Å². The van der Waals surface area contributed by atoms with Crippen LogP contribution in [0.3, 0.4) is 0 Å². The van der Waals surface area contributed by atoms with Crippen LogP contribution in [0.25, 0.3) is 0 Å². The first-order valence-corrected chi connectivity index (χ1v) is 16.0. The van der Waals surface area contributed by atoms with Gasteiger partial charge in [-0.15, -0.1) is 0 Å². The van der Waals surface area contributed by atoms with Gasteiger partial charge in [-0.25, -0.2) is 8.42 Å². The third-order valence-electron chi connectivity index (χ3n) is 7.53. The number of aryl methyl sites for hydroxylation is 1. The van der Waals surface area contributed by atoms with Crippen molar-refractivity contribution >= 4 is 50.7 Å². The van der Waals surface area contributed by atoms with E-state index in [0.29, 0.717) is 0 Å². The molecule has 0 unspecified atom stereocenters. The van der Waals surface area contributed by atoms with Gasteiger partial charge < -0.3 is 10.2 Å². The molecule has 0 aliphatic heterocycles. The second-order valence-electron chi connectivity index (χ2n) is 10.4. The number of rotatable bonds is 10. The molecule has 1 atom stereocenters. The number of halogens is 2. The molecule has 218 valence electrons. The lowest BCUT2D eigenvalue weighted by molar-refractivity contribution is -0.139. The molecule has 2 amide bonds. The highest BCUT2D eigenvalue weighted by Gasteiger charge is 2.34. The molecule has 1 aliphatic carbocycles. The minimum absolute atomic E-state index is 0.00242. The third kappa shape index (κ3) is 7.42. The van der Waals surface area contributed by atoms with Crippen molar-refractivity contribution in [3.05, 3.63) is 94.0 Å². The molecular formula is C31H35Cl2N3O4S. The van der Waals surface area contributed by atoms with Gasteiger partial charge in [0.1, 0.15) is 12.6 Å². The molecule has 0 heterocycles. The summed E-state index contributed by atoms with van der Waals surface area (Å²) in [5.74, 6) is -0.813. The molecule has 1 aliphatic rings. The molecule has 41 heavy (non-hydrogen) atoms. The van der Waals surface area contributed by atoms with Gasteiger partial charge in [0.05, 0.1) is 20.6 Å². The van der Waals surface area contributed by atoms with Crippen molar-refractivity contribution in [3.8, 4) is 0 Å². The zero-order valence-corrected chi connectivity index (χ0v) is 25.6. The first-order chi connectivity index (χ1) is 19.6. The predicted octanol–water partition coefficient (Wildman–Crippen LogP) is 6.36. The minimum atomic E-state index is -4.23. The molecule has 0 saturated heterocycles. The van der Waals surface area contributed by atoms with Crippen LogP contribution in [-0.2, 0) is 26.2 Å². The maximum Gasteiger partial charge on any atom is 0.264 e. The number of amides is 2. The average Bonchev–Trinajstić information content (AvgIpc) is 2.97. The van der Waals surface area contributed by atoms with Crippen molar-refractivity contribution in [2.24, 2.45) is 0 Å². The molecule has 0 radical (unpaired) electrons. The topological polar surface area (TPSA) is 86.8 Å². The Hall–Kier alpha value is -3.07. The standard InChI is InChI=1S/C31H35Cl2N3O4S/c1-22-12-9-10-13-24(22)20-35(23(2)31(38)34-25-14-5-3-6-15-25)29(37)21-36(28-19-11-18-27(32)30(28)33)41(39,40)26-16-7-4-8-17-26/h4,7-13,16-19,23,25H,3,5-6,14-15,20-21H2,1-2H3,(H,34,38)/t23-/m1/s1. The van der Waals surface area contributed by atoms with Crippen LogP contribution >= 0.6 is 23.2 Å². The van der Waals surface area contributed by atoms with Gasteiger partial charge in [0.2, 0.25) is 11.8 Å². The quantitative estimate of drug-likeness (QED) is 0.287. The number of carbonyl (C=O) groups is 2. The Labute approximate surface area is 252 Å². The van der Waals surface area contributed by atoms with Crippen LogP contribution in [0.15, 0.2) is 77.7 Å². The molecular weight excluding hydrogens is 581 g/mol. The number of hydrogen-bond acceptors (Lipinski definition) is 4. The van der Waals surface area contributed by atoms with E-state index in [2.05, 4.69) is 5.32 Å². The van der Waals surface area contributed by atoms with Crippen LogP contribution in [0.1, 0.15) is 50.2 Å². The molecule has 0 aromatic heterocycles. The SMILES string of the molecule is Cc1ccccc1CN(C(=O)CN(c1cccc(Cl)c1Cl)S(=O)(=O)c1ccccc1)[C@H](C)C(=O)NC1CCCCC1. The van der Waals surface area contributed by atoms with Crippen molar-refractivity contribution in [1.29, 1.82) is 0 Å². The van der Waals surface area contributed by atoms with E-state index < -0.39 is 28.5 Å². The smallest absolute Gasteiger partial charge is 0.264 e. The van der Waals surface area contributed by atoms with Crippen LogP contribution in [0.4, 0.5) is 5.69 Å². The summed E-state index contributed by atoms with van der Waals surface area (Å²) in [6.45, 7) is 3.16. The Morgan fingerprint density at radius 1 is 0.927 bits per heavy atom. The van der Waals surface area contributed by atoms with Gasteiger partial charge in [0.25, 0.3) is 10.0 Å². The number of benzene rings is 3. The van der Waals surface area contributed by atoms with Crippen molar-refractivity contribution < 1.29 is 18.0 Å². The maximum atomic E-state index is 14.1. The molecule has 1 saturated carbocycles. The molecule has 4 rings (SSSR count). The molecule has 3 aromatic rings. The lowest BCUT2D eigenvalue weighted by atomic mass is 9.95. The number of sulfonamides is 1. The number of nitrogens with one attached hydrogen (secondary N) is 1. The summed E-state index contributed by atoms with van der Waals surface area (Å²) >= 11 is 12.8. The zero-order valence-electron chi connectivity index (χ0n) is 23.2. The van der Waals surface area contributed by atoms with Crippen LogP contribution < -0.4 is 9.62 Å². The van der Waals surface area contributed by atoms with Gasteiger partial charge in [0, 0.05) is 12.6 Å². The van der Waals surface area contributed by atoms with E-state index in [4.69, 9.17) is 23.2 Å². The lowest BCUT2D eigenvalue weighted by Crippen LogP contribution is -2.53. The minimum Gasteiger partial charge on any atom is -0.352 e. The first kappa shape index (κ1) is 30.9. The summed E-state index contributed by atoms with van der Waals surface area (Å²) in [5, 5.41) is 3.27. The second kappa shape index (κ2) is 13.7. The third-order valence-corrected chi connectivity index (χ3v) is 10.1. The number of hydrogen-bond donors (Lipinski definition) is 1. The van der Waals surface area contributed by atoms with Crippen LogP contribution in [-0.4, -0.2) is 43.8 Å². The Bertz CT molecular complexity index is 1480. The molecule has 3 aromatic carbocycles. The highest BCUT2D eigenvalue weighted by Crippen LogP contribution is 2.35. The van der Waals surface area contributed by atoms with E-state index >= 15 is 0 Å². The summed E-state index contributed by atoms with van der Waals surface area (Å²) in [5.41, 5.74) is 1.89. The average molecular weight is 617 g/mol. The van der Waals surface area contributed by atoms with Crippen LogP contribution in [0, 0.1) is 6.92 Å². The van der Waals surface area contributed by atoms with Gasteiger partial charge in [0.15, 0.2) is 0 Å². The lowest BCUT2D eigenvalue weighted by Gasteiger charge is -2.33. The zero-order chi connectivity index (χ0) is 29.6. The summed E-state index contributed by atoms with van der Waals surface area (Å²) in [6, 6.07) is 19.3. The molecule has 0 bridgehead atoms. The molecule has 0 spiro atoms. The predicted molar refractivity (Wildman–Crippen MR) is 164 cm³/mol. The van der Waals surface area contributed by atoms with E-state index in [-0.39, 0.29) is 39.1 Å². The fourth-order valence-electron chi connectivity index (χ4n) is 5.04. The molecule has 1 N–H and O–H groups in total. The van der Waals surface area contributed by atoms with E-state index in [1.54, 1.807) is 37.3 Å². The van der Waals surface area contributed by atoms with Crippen molar-refractivity contribution in [1.82, 2.24) is 10.2 Å². The van der Waals surface area contributed by atoms with Crippen LogP contribution in [0.5, 0.6) is 0 Å². The fraction of sp³-hybridized carbons (Fsp3) is 0.355. The Balaban J connectivity index is 1.71. The number of anilines is 1. The number of nitrogens with zero attached hydrogens (tertiary/aromatic N) is 2. The van der Waals surface area contributed by atoms with Gasteiger partial charge in [-0.1, -0.05) is 91.0 Å². The molecule has 7 nitrogen and oxygen atoms in total. The fourth-order valence-corrected chi connectivity index (χ4v) is 6.94. The summed E-state index contributed by atoms with van der Waals surface area (Å²) < 4.78 is 28.8.